The number of aromatic amines is 1. The van der Waals surface area contributed by atoms with E-state index in [4.69, 9.17) is 16.7 Å². The Morgan fingerprint density at radius 1 is 1.75 bits per heavy atom. The highest BCUT2D eigenvalue weighted by molar-refractivity contribution is 6.29. The standard InChI is InChI=1S/C5H6ClNO/c6-5-1-4(3-8)2-7-5/h1-2,7-8H,3H2. The van der Waals surface area contributed by atoms with Gasteiger partial charge in [0.2, 0.25) is 0 Å². The van der Waals surface area contributed by atoms with E-state index in [1.807, 2.05) is 0 Å². The second kappa shape index (κ2) is 2.20. The van der Waals surface area contributed by atoms with Crippen LogP contribution in [0.4, 0.5) is 0 Å². The van der Waals surface area contributed by atoms with Gasteiger partial charge in [0.15, 0.2) is 0 Å². The van der Waals surface area contributed by atoms with Crippen LogP contribution in [0.1, 0.15) is 5.56 Å². The number of rotatable bonds is 1. The second-order valence-electron chi connectivity index (χ2n) is 1.51. The molecule has 0 atom stereocenters. The molecule has 8 heavy (non-hydrogen) atoms. The van der Waals surface area contributed by atoms with Crippen LogP contribution in [0, 0.1) is 0 Å². The Kier molecular flexibility index (Phi) is 1.56. The van der Waals surface area contributed by atoms with Crippen molar-refractivity contribution >= 4 is 11.6 Å². The third-order valence-corrected chi connectivity index (χ3v) is 1.11. The van der Waals surface area contributed by atoms with Gasteiger partial charge in [0.1, 0.15) is 5.15 Å². The Balaban J connectivity index is 2.84. The van der Waals surface area contributed by atoms with Gasteiger partial charge in [-0.25, -0.2) is 0 Å². The summed E-state index contributed by atoms with van der Waals surface area (Å²) in [6, 6.07) is 1.68. The van der Waals surface area contributed by atoms with E-state index in [1.54, 1.807) is 12.3 Å². The van der Waals surface area contributed by atoms with Crippen molar-refractivity contribution in [1.29, 1.82) is 0 Å². The third-order valence-electron chi connectivity index (χ3n) is 0.890. The molecule has 0 aliphatic heterocycles. The lowest BCUT2D eigenvalue weighted by atomic mass is 10.4. The molecule has 0 aliphatic rings. The molecule has 0 saturated heterocycles. The summed E-state index contributed by atoms with van der Waals surface area (Å²) >= 11 is 5.47. The topological polar surface area (TPSA) is 36.0 Å². The van der Waals surface area contributed by atoms with Crippen LogP contribution >= 0.6 is 11.6 Å². The Morgan fingerprint density at radius 2 is 2.50 bits per heavy atom. The molecule has 0 unspecified atom stereocenters. The predicted octanol–water partition coefficient (Wildman–Crippen LogP) is 1.16. The lowest BCUT2D eigenvalue weighted by Gasteiger charge is -1.79. The minimum absolute atomic E-state index is 0.0449. The summed E-state index contributed by atoms with van der Waals surface area (Å²) in [5, 5.41) is 9.04. The maximum absolute atomic E-state index is 8.47. The Labute approximate surface area is 52.1 Å². The zero-order valence-corrected chi connectivity index (χ0v) is 4.94. The maximum Gasteiger partial charge on any atom is 0.106 e. The summed E-state index contributed by atoms with van der Waals surface area (Å²) in [5.41, 5.74) is 0.815. The van der Waals surface area contributed by atoms with Crippen molar-refractivity contribution in [2.45, 2.75) is 6.61 Å². The molecule has 1 aromatic rings. The lowest BCUT2D eigenvalue weighted by Crippen LogP contribution is -1.72. The van der Waals surface area contributed by atoms with Gasteiger partial charge in [-0.2, -0.15) is 0 Å². The molecule has 0 saturated carbocycles. The maximum atomic E-state index is 8.47. The van der Waals surface area contributed by atoms with Crippen LogP contribution in [0.2, 0.25) is 5.15 Å². The summed E-state index contributed by atoms with van der Waals surface area (Å²) in [4.78, 5) is 2.72. The largest absolute Gasteiger partial charge is 0.392 e. The molecule has 1 rings (SSSR count). The Morgan fingerprint density at radius 3 is 2.75 bits per heavy atom. The van der Waals surface area contributed by atoms with Crippen molar-refractivity contribution in [3.8, 4) is 0 Å². The van der Waals surface area contributed by atoms with Crippen molar-refractivity contribution < 1.29 is 5.11 Å². The summed E-state index contributed by atoms with van der Waals surface area (Å²) < 4.78 is 0. The molecule has 0 bridgehead atoms. The van der Waals surface area contributed by atoms with Crippen molar-refractivity contribution in [2.75, 3.05) is 0 Å². The molecule has 1 aromatic heterocycles. The van der Waals surface area contributed by atoms with E-state index in [0.717, 1.165) is 5.56 Å². The zero-order chi connectivity index (χ0) is 5.98. The van der Waals surface area contributed by atoms with Crippen LogP contribution in [0.15, 0.2) is 12.3 Å². The first kappa shape index (κ1) is 5.66. The first-order valence-corrected chi connectivity index (χ1v) is 2.64. The van der Waals surface area contributed by atoms with E-state index < -0.39 is 0 Å². The molecule has 0 spiro atoms. The highest BCUT2D eigenvalue weighted by Gasteiger charge is 1.90. The number of aliphatic hydroxyl groups excluding tert-OH is 1. The van der Waals surface area contributed by atoms with Gasteiger partial charge in [-0.1, -0.05) is 11.6 Å². The van der Waals surface area contributed by atoms with Gasteiger partial charge in [0.25, 0.3) is 0 Å². The van der Waals surface area contributed by atoms with Gasteiger partial charge < -0.3 is 10.1 Å². The van der Waals surface area contributed by atoms with E-state index in [0.29, 0.717) is 5.15 Å². The first-order valence-electron chi connectivity index (χ1n) is 2.26. The van der Waals surface area contributed by atoms with Crippen LogP contribution in [0.25, 0.3) is 0 Å². The highest BCUT2D eigenvalue weighted by Crippen LogP contribution is 2.07. The molecule has 1 heterocycles. The van der Waals surface area contributed by atoms with Gasteiger partial charge in [0, 0.05) is 6.20 Å². The highest BCUT2D eigenvalue weighted by atomic mass is 35.5. The Hall–Kier alpha value is -0.470. The van der Waals surface area contributed by atoms with E-state index in [2.05, 4.69) is 4.98 Å². The monoisotopic (exact) mass is 131 g/mol. The SMILES string of the molecule is OCc1c[nH]c(Cl)c1. The molecule has 0 amide bonds. The normalized spacial score (nSPS) is 9.75. The molecular weight excluding hydrogens is 126 g/mol. The van der Waals surface area contributed by atoms with Crippen molar-refractivity contribution in [3.05, 3.63) is 23.0 Å². The van der Waals surface area contributed by atoms with Gasteiger partial charge >= 0.3 is 0 Å². The molecule has 3 heteroatoms. The molecule has 2 nitrogen and oxygen atoms in total. The number of hydrogen-bond donors (Lipinski definition) is 2. The zero-order valence-electron chi connectivity index (χ0n) is 4.19. The van der Waals surface area contributed by atoms with E-state index in [-0.39, 0.29) is 6.61 Å². The number of H-pyrrole nitrogens is 1. The lowest BCUT2D eigenvalue weighted by molar-refractivity contribution is 0.282. The fraction of sp³-hybridized carbons (Fsp3) is 0.200. The van der Waals surface area contributed by atoms with Crippen LogP contribution in [-0.4, -0.2) is 10.1 Å². The fourth-order valence-corrected chi connectivity index (χ4v) is 0.694. The first-order chi connectivity index (χ1) is 3.83. The van der Waals surface area contributed by atoms with E-state index in [9.17, 15) is 0 Å². The van der Waals surface area contributed by atoms with E-state index in [1.165, 1.54) is 0 Å². The number of hydrogen-bond acceptors (Lipinski definition) is 1. The number of aliphatic hydroxyl groups is 1. The van der Waals surface area contributed by atoms with Crippen LogP contribution in [-0.2, 0) is 6.61 Å². The van der Waals surface area contributed by atoms with Gasteiger partial charge in [-0.3, -0.25) is 0 Å². The molecule has 44 valence electrons. The molecule has 0 aromatic carbocycles. The third kappa shape index (κ3) is 1.02. The predicted molar refractivity (Wildman–Crippen MR) is 31.7 cm³/mol. The number of aromatic nitrogens is 1. The number of halogens is 1. The smallest absolute Gasteiger partial charge is 0.106 e. The summed E-state index contributed by atoms with van der Waals surface area (Å²) in [6.45, 7) is 0.0449. The molecule has 0 radical (unpaired) electrons. The van der Waals surface area contributed by atoms with Crippen LogP contribution in [0.3, 0.4) is 0 Å². The van der Waals surface area contributed by atoms with E-state index >= 15 is 0 Å². The second-order valence-corrected chi connectivity index (χ2v) is 1.92. The van der Waals surface area contributed by atoms with Crippen molar-refractivity contribution in [1.82, 2.24) is 4.98 Å². The Bertz CT molecular complexity index is 173. The average Bonchev–Trinajstić information content (AvgIpc) is 2.14. The van der Waals surface area contributed by atoms with Crippen molar-refractivity contribution in [3.63, 3.8) is 0 Å². The molecule has 0 fully saturated rings. The summed E-state index contributed by atoms with van der Waals surface area (Å²) in [7, 11) is 0. The molecule has 0 aliphatic carbocycles. The molecule has 2 N–H and O–H groups in total. The van der Waals surface area contributed by atoms with Crippen LogP contribution < -0.4 is 0 Å². The van der Waals surface area contributed by atoms with Crippen molar-refractivity contribution in [2.24, 2.45) is 0 Å². The van der Waals surface area contributed by atoms with Gasteiger partial charge in [0.05, 0.1) is 6.61 Å². The minimum Gasteiger partial charge on any atom is -0.392 e. The fourth-order valence-electron chi connectivity index (χ4n) is 0.499. The quantitative estimate of drug-likeness (QED) is 0.590. The summed E-state index contributed by atoms with van der Waals surface area (Å²) in [6.07, 6.45) is 1.67. The summed E-state index contributed by atoms with van der Waals surface area (Å²) in [5.74, 6) is 0. The van der Waals surface area contributed by atoms with Crippen LogP contribution in [0.5, 0.6) is 0 Å². The molecular formula is C5H6ClNO. The average molecular weight is 132 g/mol. The van der Waals surface area contributed by atoms with Gasteiger partial charge in [-0.05, 0) is 11.6 Å². The number of nitrogens with one attached hydrogen (secondary N) is 1. The van der Waals surface area contributed by atoms with Gasteiger partial charge in [-0.15, -0.1) is 0 Å². The minimum atomic E-state index is 0.0449.